The van der Waals surface area contributed by atoms with Gasteiger partial charge >= 0.3 is 12.0 Å². The number of anilines is 1. The van der Waals surface area contributed by atoms with Gasteiger partial charge in [-0.05, 0) is 29.8 Å². The summed E-state index contributed by atoms with van der Waals surface area (Å²) in [6.45, 7) is 0. The molecule has 2 N–H and O–H groups in total. The Morgan fingerprint density at radius 1 is 0.848 bits per heavy atom. The molecule has 8 heteroatoms. The normalized spacial score (nSPS) is 13.3. The molecule has 0 unspecified atom stereocenters. The number of imide groups is 1. The summed E-state index contributed by atoms with van der Waals surface area (Å²) in [5.74, 6) is -1.56. The second-order valence-corrected chi connectivity index (χ2v) is 7.37. The number of esters is 1. The van der Waals surface area contributed by atoms with E-state index in [1.165, 1.54) is 13.2 Å². The smallest absolute Gasteiger partial charge is 0.339 e. The van der Waals surface area contributed by atoms with E-state index < -0.39 is 30.0 Å². The summed E-state index contributed by atoms with van der Waals surface area (Å²) in [6.07, 6.45) is -0.747. The molecule has 0 saturated carbocycles. The van der Waals surface area contributed by atoms with E-state index in [1.807, 2.05) is 30.3 Å². The van der Waals surface area contributed by atoms with Crippen LogP contribution in [0.15, 0.2) is 78.9 Å². The Labute approximate surface area is 190 Å². The number of amides is 4. The molecule has 33 heavy (non-hydrogen) atoms. The maximum absolute atomic E-state index is 13.0. The highest BCUT2D eigenvalue weighted by atomic mass is 16.5. The maximum atomic E-state index is 13.0. The molecule has 4 amide bonds. The molecule has 0 spiro atoms. The molecule has 0 aromatic heterocycles. The molecule has 3 aromatic rings. The molecular formula is C25H21N3O5. The fourth-order valence-corrected chi connectivity index (χ4v) is 3.72. The maximum Gasteiger partial charge on any atom is 0.339 e. The Morgan fingerprint density at radius 3 is 2.06 bits per heavy atom. The third-order valence-corrected chi connectivity index (χ3v) is 5.29. The average Bonchev–Trinajstić information content (AvgIpc) is 3.09. The molecular weight excluding hydrogens is 422 g/mol. The average molecular weight is 443 g/mol. The van der Waals surface area contributed by atoms with Crippen LogP contribution in [0.3, 0.4) is 0 Å². The first-order valence-corrected chi connectivity index (χ1v) is 10.3. The van der Waals surface area contributed by atoms with Crippen LogP contribution in [0, 0.1) is 0 Å². The molecule has 0 saturated heterocycles. The monoisotopic (exact) mass is 443 g/mol. The lowest BCUT2D eigenvalue weighted by Gasteiger charge is -2.27. The van der Waals surface area contributed by atoms with Crippen molar-refractivity contribution in [2.24, 2.45) is 0 Å². The van der Waals surface area contributed by atoms with Crippen molar-refractivity contribution in [2.75, 3.05) is 12.4 Å². The minimum absolute atomic E-state index is 0.176. The first-order valence-electron chi connectivity index (χ1n) is 10.3. The van der Waals surface area contributed by atoms with Crippen LogP contribution in [0.5, 0.6) is 0 Å². The van der Waals surface area contributed by atoms with Gasteiger partial charge in [0.1, 0.15) is 6.17 Å². The van der Waals surface area contributed by atoms with E-state index >= 15 is 0 Å². The summed E-state index contributed by atoms with van der Waals surface area (Å²) < 4.78 is 4.76. The zero-order valence-electron chi connectivity index (χ0n) is 17.8. The minimum Gasteiger partial charge on any atom is -0.465 e. The molecule has 1 aliphatic heterocycles. The van der Waals surface area contributed by atoms with Gasteiger partial charge in [-0.3, -0.25) is 14.5 Å². The molecule has 3 aromatic carbocycles. The first-order chi connectivity index (χ1) is 16.0. The molecule has 0 bridgehead atoms. The van der Waals surface area contributed by atoms with Crippen LogP contribution in [0.25, 0.3) is 0 Å². The summed E-state index contributed by atoms with van der Waals surface area (Å²) in [6, 6.07) is 21.5. The summed E-state index contributed by atoms with van der Waals surface area (Å²) in [4.78, 5) is 52.0. The van der Waals surface area contributed by atoms with Gasteiger partial charge in [0.15, 0.2) is 0 Å². The van der Waals surface area contributed by atoms with Crippen LogP contribution in [-0.2, 0) is 11.2 Å². The van der Waals surface area contributed by atoms with Crippen molar-refractivity contribution in [3.63, 3.8) is 0 Å². The SMILES string of the molecule is COC(=O)c1ccccc1NC(=O)N[C@H](Cc1ccccc1)N1C(=O)c2ccccc2C1=O. The number of hydrogen-bond acceptors (Lipinski definition) is 5. The number of carbonyl (C=O) groups is 4. The number of methoxy groups -OCH3 is 1. The molecule has 1 heterocycles. The van der Waals surface area contributed by atoms with Crippen molar-refractivity contribution in [3.05, 3.63) is 101 Å². The highest BCUT2D eigenvalue weighted by molar-refractivity contribution is 6.21. The Balaban J connectivity index is 1.60. The molecule has 0 fully saturated rings. The lowest BCUT2D eigenvalue weighted by molar-refractivity contribution is 0.0562. The van der Waals surface area contributed by atoms with Gasteiger partial charge < -0.3 is 15.4 Å². The third kappa shape index (κ3) is 4.45. The minimum atomic E-state index is -0.954. The van der Waals surface area contributed by atoms with E-state index in [0.717, 1.165) is 10.5 Å². The fraction of sp³-hybridized carbons (Fsp3) is 0.120. The number of nitrogens with zero attached hydrogens (tertiary/aromatic N) is 1. The van der Waals surface area contributed by atoms with Gasteiger partial charge in [0, 0.05) is 6.42 Å². The summed E-state index contributed by atoms with van der Waals surface area (Å²) in [7, 11) is 1.25. The zero-order chi connectivity index (χ0) is 23.4. The largest absolute Gasteiger partial charge is 0.465 e. The summed E-state index contributed by atoms with van der Waals surface area (Å²) in [5, 5.41) is 5.33. The Morgan fingerprint density at radius 2 is 1.42 bits per heavy atom. The van der Waals surface area contributed by atoms with E-state index in [4.69, 9.17) is 4.74 Å². The number of hydrogen-bond donors (Lipinski definition) is 2. The summed E-state index contributed by atoms with van der Waals surface area (Å²) in [5.41, 5.74) is 1.82. The zero-order valence-corrected chi connectivity index (χ0v) is 17.8. The number of urea groups is 1. The van der Waals surface area contributed by atoms with Gasteiger partial charge in [-0.25, -0.2) is 9.59 Å². The number of benzene rings is 3. The summed E-state index contributed by atoms with van der Waals surface area (Å²) >= 11 is 0. The quantitative estimate of drug-likeness (QED) is 0.448. The van der Waals surface area contributed by atoms with E-state index in [-0.39, 0.29) is 17.7 Å². The van der Waals surface area contributed by atoms with E-state index in [1.54, 1.807) is 42.5 Å². The van der Waals surface area contributed by atoms with E-state index in [0.29, 0.717) is 11.1 Å². The molecule has 166 valence electrons. The van der Waals surface area contributed by atoms with Crippen molar-refractivity contribution in [1.82, 2.24) is 10.2 Å². The predicted molar refractivity (Wildman–Crippen MR) is 121 cm³/mol. The molecule has 1 atom stereocenters. The van der Waals surface area contributed by atoms with Crippen LogP contribution < -0.4 is 10.6 Å². The van der Waals surface area contributed by atoms with Crippen LogP contribution in [0.1, 0.15) is 36.6 Å². The van der Waals surface area contributed by atoms with Gasteiger partial charge in [0.05, 0.1) is 29.5 Å². The second-order valence-electron chi connectivity index (χ2n) is 7.37. The van der Waals surface area contributed by atoms with Gasteiger partial charge in [-0.1, -0.05) is 54.6 Å². The van der Waals surface area contributed by atoms with Gasteiger partial charge in [-0.2, -0.15) is 0 Å². The van der Waals surface area contributed by atoms with Crippen LogP contribution >= 0.6 is 0 Å². The third-order valence-electron chi connectivity index (χ3n) is 5.29. The number of ether oxygens (including phenoxy) is 1. The Bertz CT molecular complexity index is 1190. The van der Waals surface area contributed by atoms with Crippen LogP contribution in [0.4, 0.5) is 10.5 Å². The van der Waals surface area contributed by atoms with E-state index in [2.05, 4.69) is 10.6 Å². The van der Waals surface area contributed by atoms with E-state index in [9.17, 15) is 19.2 Å². The topological polar surface area (TPSA) is 105 Å². The van der Waals surface area contributed by atoms with Crippen molar-refractivity contribution in [2.45, 2.75) is 12.6 Å². The van der Waals surface area contributed by atoms with Crippen LogP contribution in [0.2, 0.25) is 0 Å². The van der Waals surface area contributed by atoms with Crippen molar-refractivity contribution in [1.29, 1.82) is 0 Å². The number of fused-ring (bicyclic) bond motifs is 1. The number of nitrogens with one attached hydrogen (secondary N) is 2. The lowest BCUT2D eigenvalue weighted by atomic mass is 10.1. The molecule has 1 aliphatic rings. The molecule has 0 aliphatic carbocycles. The highest BCUT2D eigenvalue weighted by Gasteiger charge is 2.40. The van der Waals surface area contributed by atoms with Crippen LogP contribution in [-0.4, -0.2) is 42.0 Å². The standard InChI is InChI=1S/C25H21N3O5/c1-33-24(31)19-13-7-8-14-20(19)26-25(32)27-21(15-16-9-3-2-4-10-16)28-22(29)17-11-5-6-12-18(17)23(28)30/h2-14,21H,15H2,1H3,(H2,26,27,32)/t21-/m0/s1. The number of rotatable bonds is 6. The van der Waals surface area contributed by atoms with Crippen molar-refractivity contribution >= 4 is 29.5 Å². The molecule has 4 rings (SSSR count). The van der Waals surface area contributed by atoms with Crippen molar-refractivity contribution < 1.29 is 23.9 Å². The molecule has 0 radical (unpaired) electrons. The first kappa shape index (κ1) is 21.8. The Hall–Kier alpha value is -4.46. The van der Waals surface area contributed by atoms with Gasteiger partial charge in [0.25, 0.3) is 11.8 Å². The second kappa shape index (κ2) is 9.35. The highest BCUT2D eigenvalue weighted by Crippen LogP contribution is 2.25. The number of carbonyl (C=O) groups excluding carboxylic acids is 4. The lowest BCUT2D eigenvalue weighted by Crippen LogP contribution is -2.53. The molecule has 8 nitrogen and oxygen atoms in total. The Kier molecular flexibility index (Phi) is 6.17. The van der Waals surface area contributed by atoms with Gasteiger partial charge in [-0.15, -0.1) is 0 Å². The fourth-order valence-electron chi connectivity index (χ4n) is 3.72. The van der Waals surface area contributed by atoms with Crippen molar-refractivity contribution in [3.8, 4) is 0 Å². The van der Waals surface area contributed by atoms with Gasteiger partial charge in [0.2, 0.25) is 0 Å². The predicted octanol–water partition coefficient (Wildman–Crippen LogP) is 3.46. The number of para-hydroxylation sites is 1.